The van der Waals surface area contributed by atoms with Crippen LogP contribution < -0.4 is 0 Å². The zero-order valence-electron chi connectivity index (χ0n) is 16.1. The third-order valence-corrected chi connectivity index (χ3v) is 7.89. The molecule has 4 aromatic carbocycles. The van der Waals surface area contributed by atoms with Crippen LogP contribution in [0.1, 0.15) is 0 Å². The van der Waals surface area contributed by atoms with Crippen molar-refractivity contribution in [1.29, 1.82) is 0 Å². The highest BCUT2D eigenvalue weighted by atomic mass is 32.2. The van der Waals surface area contributed by atoms with Crippen LogP contribution in [0.25, 0.3) is 21.5 Å². The van der Waals surface area contributed by atoms with Crippen LogP contribution in [0.5, 0.6) is 0 Å². The molecule has 0 unspecified atom stereocenters. The third-order valence-electron chi connectivity index (χ3n) is 5.20. The number of thioether (sulfide) groups is 2. The highest BCUT2D eigenvalue weighted by molar-refractivity contribution is 8.00. The SMILES string of the molecule is OCC(CO)(CSc1ccc2ccccc2c1)CSc1ccc2ccccc2c1. The molecular formula is C25H24O2S2. The molecule has 0 saturated carbocycles. The molecule has 4 rings (SSSR count). The number of aliphatic hydroxyl groups is 2. The van der Waals surface area contributed by atoms with Crippen LogP contribution in [0.2, 0.25) is 0 Å². The van der Waals surface area contributed by atoms with Gasteiger partial charge in [0.25, 0.3) is 0 Å². The minimum Gasteiger partial charge on any atom is -0.396 e. The maximum absolute atomic E-state index is 10.1. The summed E-state index contributed by atoms with van der Waals surface area (Å²) in [4.78, 5) is 2.32. The molecule has 0 saturated heterocycles. The summed E-state index contributed by atoms with van der Waals surface area (Å²) in [6, 6.07) is 29.4. The Morgan fingerprint density at radius 3 is 1.38 bits per heavy atom. The molecule has 0 heterocycles. The quantitative estimate of drug-likeness (QED) is 0.351. The first kappa shape index (κ1) is 20.3. The van der Waals surface area contributed by atoms with Crippen molar-refractivity contribution < 1.29 is 10.2 Å². The number of hydrogen-bond donors (Lipinski definition) is 2. The van der Waals surface area contributed by atoms with E-state index in [1.807, 2.05) is 24.3 Å². The molecule has 0 fully saturated rings. The molecular weight excluding hydrogens is 396 g/mol. The molecule has 0 aliphatic rings. The van der Waals surface area contributed by atoms with Gasteiger partial charge in [-0.1, -0.05) is 60.7 Å². The fraction of sp³-hybridized carbons (Fsp3) is 0.200. The van der Waals surface area contributed by atoms with Crippen LogP contribution in [0.4, 0.5) is 0 Å². The Labute approximate surface area is 180 Å². The molecule has 0 bridgehead atoms. The third kappa shape index (κ3) is 4.78. The first-order chi connectivity index (χ1) is 14.2. The molecule has 0 aliphatic heterocycles. The minimum absolute atomic E-state index is 0.0370. The van der Waals surface area contributed by atoms with Gasteiger partial charge in [-0.2, -0.15) is 0 Å². The van der Waals surface area contributed by atoms with Crippen molar-refractivity contribution in [3.05, 3.63) is 84.9 Å². The van der Waals surface area contributed by atoms with Gasteiger partial charge in [0.2, 0.25) is 0 Å². The maximum atomic E-state index is 10.1. The van der Waals surface area contributed by atoms with E-state index in [2.05, 4.69) is 60.7 Å². The summed E-state index contributed by atoms with van der Waals surface area (Å²) in [5.74, 6) is 1.33. The molecule has 0 aliphatic carbocycles. The number of rotatable bonds is 8. The van der Waals surface area contributed by atoms with E-state index in [-0.39, 0.29) is 13.2 Å². The van der Waals surface area contributed by atoms with Crippen LogP contribution in [0.15, 0.2) is 94.7 Å². The van der Waals surface area contributed by atoms with Crippen molar-refractivity contribution in [3.63, 3.8) is 0 Å². The second-order valence-electron chi connectivity index (χ2n) is 7.41. The highest BCUT2D eigenvalue weighted by Crippen LogP contribution is 2.35. The van der Waals surface area contributed by atoms with Gasteiger partial charge in [0.05, 0.1) is 13.2 Å². The van der Waals surface area contributed by atoms with E-state index < -0.39 is 5.41 Å². The molecule has 2 nitrogen and oxygen atoms in total. The topological polar surface area (TPSA) is 40.5 Å². The number of fused-ring (bicyclic) bond motifs is 2. The summed E-state index contributed by atoms with van der Waals surface area (Å²) in [5, 5.41) is 25.0. The van der Waals surface area contributed by atoms with Gasteiger partial charge in [0, 0.05) is 26.7 Å². The van der Waals surface area contributed by atoms with Crippen LogP contribution in [0.3, 0.4) is 0 Å². The summed E-state index contributed by atoms with van der Waals surface area (Å²) in [5.41, 5.74) is -0.535. The standard InChI is InChI=1S/C25H24O2S2/c26-15-25(16-27,17-28-23-11-9-19-5-1-3-7-21(19)13-23)18-29-24-12-10-20-6-2-4-8-22(20)14-24/h1-14,26-27H,15-18H2. The van der Waals surface area contributed by atoms with Crippen molar-refractivity contribution >= 4 is 45.1 Å². The Morgan fingerprint density at radius 1 is 0.552 bits per heavy atom. The van der Waals surface area contributed by atoms with Gasteiger partial charge in [-0.25, -0.2) is 0 Å². The summed E-state index contributed by atoms with van der Waals surface area (Å²) in [6.07, 6.45) is 0. The number of hydrogen-bond acceptors (Lipinski definition) is 4. The summed E-state index contributed by atoms with van der Waals surface area (Å²) in [7, 11) is 0. The van der Waals surface area contributed by atoms with Gasteiger partial charge >= 0.3 is 0 Å². The van der Waals surface area contributed by atoms with Gasteiger partial charge < -0.3 is 10.2 Å². The Morgan fingerprint density at radius 2 is 0.966 bits per heavy atom. The average molecular weight is 421 g/mol. The Hall–Kier alpha value is -1.98. The smallest absolute Gasteiger partial charge is 0.0525 e. The first-order valence-corrected chi connectivity index (χ1v) is 11.6. The average Bonchev–Trinajstić information content (AvgIpc) is 2.79. The molecule has 29 heavy (non-hydrogen) atoms. The van der Waals surface area contributed by atoms with Crippen LogP contribution in [-0.4, -0.2) is 34.9 Å². The lowest BCUT2D eigenvalue weighted by Gasteiger charge is -2.29. The zero-order chi connectivity index (χ0) is 20.1. The summed E-state index contributed by atoms with van der Waals surface area (Å²) < 4.78 is 0. The van der Waals surface area contributed by atoms with Crippen molar-refractivity contribution in [3.8, 4) is 0 Å². The van der Waals surface area contributed by atoms with Crippen molar-refractivity contribution in [2.75, 3.05) is 24.7 Å². The number of aliphatic hydroxyl groups excluding tert-OH is 2. The molecule has 0 spiro atoms. The normalized spacial score (nSPS) is 11.9. The van der Waals surface area contributed by atoms with E-state index in [1.54, 1.807) is 23.5 Å². The summed E-state index contributed by atoms with van der Waals surface area (Å²) in [6.45, 7) is -0.0741. The lowest BCUT2D eigenvalue weighted by molar-refractivity contribution is 0.0933. The van der Waals surface area contributed by atoms with Gasteiger partial charge in [-0.15, -0.1) is 23.5 Å². The fourth-order valence-electron chi connectivity index (χ4n) is 3.26. The Balaban J connectivity index is 1.45. The van der Waals surface area contributed by atoms with E-state index in [0.717, 1.165) is 9.79 Å². The highest BCUT2D eigenvalue weighted by Gasteiger charge is 2.29. The second-order valence-corrected chi connectivity index (χ2v) is 9.51. The Bertz CT molecular complexity index is 1020. The van der Waals surface area contributed by atoms with Gasteiger partial charge in [0.15, 0.2) is 0 Å². The van der Waals surface area contributed by atoms with Gasteiger partial charge in [0.1, 0.15) is 0 Å². The second kappa shape index (κ2) is 9.23. The van der Waals surface area contributed by atoms with E-state index in [4.69, 9.17) is 0 Å². The zero-order valence-corrected chi connectivity index (χ0v) is 17.8. The van der Waals surface area contributed by atoms with Gasteiger partial charge in [-0.3, -0.25) is 0 Å². The lowest BCUT2D eigenvalue weighted by atomic mass is 9.96. The monoisotopic (exact) mass is 420 g/mol. The van der Waals surface area contributed by atoms with E-state index in [0.29, 0.717) is 11.5 Å². The van der Waals surface area contributed by atoms with E-state index >= 15 is 0 Å². The van der Waals surface area contributed by atoms with Gasteiger partial charge in [-0.05, 0) is 45.8 Å². The first-order valence-electron chi connectivity index (χ1n) is 9.66. The minimum atomic E-state index is -0.535. The molecule has 0 aromatic heterocycles. The predicted molar refractivity (Wildman–Crippen MR) is 126 cm³/mol. The van der Waals surface area contributed by atoms with Crippen LogP contribution in [-0.2, 0) is 0 Å². The predicted octanol–water partition coefficient (Wildman–Crippen LogP) is 5.85. The molecule has 148 valence electrons. The lowest BCUT2D eigenvalue weighted by Crippen LogP contribution is -2.35. The van der Waals surface area contributed by atoms with Crippen molar-refractivity contribution in [2.45, 2.75) is 9.79 Å². The fourth-order valence-corrected chi connectivity index (χ4v) is 5.65. The molecule has 0 atom stereocenters. The molecule has 0 radical (unpaired) electrons. The Kier molecular flexibility index (Phi) is 6.46. The number of benzene rings is 4. The van der Waals surface area contributed by atoms with E-state index in [1.165, 1.54) is 21.5 Å². The van der Waals surface area contributed by atoms with Crippen LogP contribution in [0, 0.1) is 5.41 Å². The maximum Gasteiger partial charge on any atom is 0.0525 e. The van der Waals surface area contributed by atoms with Crippen molar-refractivity contribution in [2.24, 2.45) is 5.41 Å². The molecule has 4 aromatic rings. The van der Waals surface area contributed by atoms with Crippen molar-refractivity contribution in [1.82, 2.24) is 0 Å². The van der Waals surface area contributed by atoms with Crippen LogP contribution >= 0.6 is 23.5 Å². The molecule has 4 heteroatoms. The molecule has 0 amide bonds. The summed E-state index contributed by atoms with van der Waals surface area (Å²) >= 11 is 3.39. The largest absolute Gasteiger partial charge is 0.396 e. The molecule has 2 N–H and O–H groups in total. The van der Waals surface area contributed by atoms with E-state index in [9.17, 15) is 10.2 Å².